The van der Waals surface area contributed by atoms with Gasteiger partial charge >= 0.3 is 7.75 Å². The van der Waals surface area contributed by atoms with Gasteiger partial charge in [0.2, 0.25) is 0 Å². The highest BCUT2D eigenvalue weighted by molar-refractivity contribution is 7.50. The molecule has 1 atom stereocenters. The third-order valence-corrected chi connectivity index (χ3v) is 4.62. The molecule has 0 rings (SSSR count). The standard InChI is InChI=1S/C11H27ClN3O4P.ClH/c1-11(2,13-12)7-10-18-19-20(16,17)14(3)8-9-15(4,5)6;/h13H,7-10H2,1-6H3;1H. The first kappa shape index (κ1) is 23.8. The van der Waals surface area contributed by atoms with Gasteiger partial charge in [0.15, 0.2) is 0 Å². The largest absolute Gasteiger partial charge is 1.00 e. The van der Waals surface area contributed by atoms with E-state index in [4.69, 9.17) is 16.7 Å². The van der Waals surface area contributed by atoms with E-state index in [1.807, 2.05) is 35.0 Å². The topological polar surface area (TPSA) is 71.0 Å². The Morgan fingerprint density at radius 2 is 1.90 bits per heavy atom. The molecule has 0 heterocycles. The van der Waals surface area contributed by atoms with Gasteiger partial charge in [-0.3, -0.25) is 0 Å². The van der Waals surface area contributed by atoms with Gasteiger partial charge in [0.25, 0.3) is 0 Å². The molecule has 0 spiro atoms. The lowest BCUT2D eigenvalue weighted by molar-refractivity contribution is -0.869. The summed E-state index contributed by atoms with van der Waals surface area (Å²) in [7, 11) is 3.65. The lowest BCUT2D eigenvalue weighted by atomic mass is 10.0. The Morgan fingerprint density at radius 1 is 1.38 bits per heavy atom. The van der Waals surface area contributed by atoms with Crippen molar-refractivity contribution in [1.29, 1.82) is 0 Å². The highest BCUT2D eigenvalue weighted by Gasteiger charge is 2.29. The van der Waals surface area contributed by atoms with Crippen LogP contribution in [0.4, 0.5) is 0 Å². The molecule has 0 aliphatic carbocycles. The van der Waals surface area contributed by atoms with Crippen LogP contribution in [0.1, 0.15) is 20.3 Å². The summed E-state index contributed by atoms with van der Waals surface area (Å²) >= 11 is 5.54. The van der Waals surface area contributed by atoms with Crippen molar-refractivity contribution in [3.63, 3.8) is 0 Å². The maximum atomic E-state index is 11.9. The molecule has 0 saturated heterocycles. The van der Waals surface area contributed by atoms with Crippen LogP contribution in [0.2, 0.25) is 0 Å². The van der Waals surface area contributed by atoms with Gasteiger partial charge in [-0.1, -0.05) is 0 Å². The van der Waals surface area contributed by atoms with E-state index in [0.717, 1.165) is 0 Å². The molecule has 1 unspecified atom stereocenters. The average Bonchev–Trinajstić information content (AvgIpc) is 2.30. The third-order valence-electron chi connectivity index (χ3n) is 2.74. The summed E-state index contributed by atoms with van der Waals surface area (Å²) in [6.07, 6.45) is 0.541. The van der Waals surface area contributed by atoms with Crippen LogP contribution >= 0.6 is 19.5 Å². The molecule has 0 aliphatic rings. The molecular weight excluding hydrogens is 340 g/mol. The van der Waals surface area contributed by atoms with E-state index >= 15 is 0 Å². The minimum atomic E-state index is -3.91. The number of hydrogen-bond donors (Lipinski definition) is 2. The van der Waals surface area contributed by atoms with Crippen molar-refractivity contribution < 1.29 is 35.9 Å². The minimum Gasteiger partial charge on any atom is -1.00 e. The van der Waals surface area contributed by atoms with Crippen molar-refractivity contribution >= 4 is 19.5 Å². The molecular formula is C11H28Cl2N3O4P. The summed E-state index contributed by atoms with van der Waals surface area (Å²) in [6, 6.07) is 0. The molecule has 10 heteroatoms. The van der Waals surface area contributed by atoms with Crippen LogP contribution in [0.3, 0.4) is 0 Å². The second-order valence-electron chi connectivity index (χ2n) is 6.51. The Hall–Kier alpha value is 0.570. The quantitative estimate of drug-likeness (QED) is 0.123. The highest BCUT2D eigenvalue weighted by Crippen LogP contribution is 2.45. The van der Waals surface area contributed by atoms with Gasteiger partial charge in [-0.15, -0.1) is 4.67 Å². The average molecular weight is 368 g/mol. The number of nitrogens with one attached hydrogen (secondary N) is 1. The van der Waals surface area contributed by atoms with Gasteiger partial charge in [0, 0.05) is 5.54 Å². The molecule has 0 saturated carbocycles. The number of nitrogens with zero attached hydrogens (tertiary/aromatic N) is 2. The van der Waals surface area contributed by atoms with Gasteiger partial charge in [0.1, 0.15) is 0 Å². The van der Waals surface area contributed by atoms with E-state index in [9.17, 15) is 9.46 Å². The van der Waals surface area contributed by atoms with Crippen molar-refractivity contribution in [3.05, 3.63) is 0 Å². The summed E-state index contributed by atoms with van der Waals surface area (Å²) < 4.78 is 18.5. The molecule has 2 N–H and O–H groups in total. The molecule has 0 fully saturated rings. The van der Waals surface area contributed by atoms with E-state index in [2.05, 4.69) is 9.51 Å². The zero-order chi connectivity index (χ0) is 16.0. The molecule has 21 heavy (non-hydrogen) atoms. The fourth-order valence-electron chi connectivity index (χ4n) is 1.08. The van der Waals surface area contributed by atoms with Crippen LogP contribution in [0.5, 0.6) is 0 Å². The van der Waals surface area contributed by atoms with Crippen LogP contribution in [0, 0.1) is 0 Å². The van der Waals surface area contributed by atoms with E-state index in [1.165, 1.54) is 11.7 Å². The van der Waals surface area contributed by atoms with Crippen LogP contribution in [-0.4, -0.2) is 67.5 Å². The van der Waals surface area contributed by atoms with E-state index < -0.39 is 7.75 Å². The first-order valence-corrected chi connectivity index (χ1v) is 8.34. The molecule has 0 aromatic heterocycles. The van der Waals surface area contributed by atoms with Crippen molar-refractivity contribution in [3.8, 4) is 0 Å². The fraction of sp³-hybridized carbons (Fsp3) is 1.00. The number of hydrogen-bond acceptors (Lipinski definition) is 4. The molecule has 0 bridgehead atoms. The summed E-state index contributed by atoms with van der Waals surface area (Å²) in [5, 5.41) is 0. The normalized spacial score (nSPS) is 15.7. The Bertz CT molecular complexity index is 340. The van der Waals surface area contributed by atoms with Crippen molar-refractivity contribution in [2.24, 2.45) is 0 Å². The molecule has 0 aromatic carbocycles. The number of halogens is 2. The predicted molar refractivity (Wildman–Crippen MR) is 80.1 cm³/mol. The van der Waals surface area contributed by atoms with Crippen molar-refractivity contribution in [1.82, 2.24) is 9.51 Å². The smallest absolute Gasteiger partial charge is 0.432 e. The van der Waals surface area contributed by atoms with Crippen molar-refractivity contribution in [2.45, 2.75) is 25.8 Å². The number of likely N-dealkylation sites (N-methyl/N-ethyl adjacent to an activating group) is 2. The van der Waals surface area contributed by atoms with Crippen LogP contribution in [0.25, 0.3) is 0 Å². The number of quaternary nitrogens is 1. The summed E-state index contributed by atoms with van der Waals surface area (Å²) in [6.45, 7) is 5.08. The molecule has 130 valence electrons. The molecule has 0 aliphatic heterocycles. The predicted octanol–water partition coefficient (Wildman–Crippen LogP) is -1.41. The fourth-order valence-corrected chi connectivity index (χ4v) is 1.84. The highest BCUT2D eigenvalue weighted by atomic mass is 35.5. The second-order valence-corrected chi connectivity index (χ2v) is 8.51. The molecule has 0 amide bonds. The first-order valence-electron chi connectivity index (χ1n) is 6.43. The van der Waals surface area contributed by atoms with Gasteiger partial charge in [-0.25, -0.2) is 19.0 Å². The summed E-state index contributed by atoms with van der Waals surface area (Å²) in [4.78, 5) is 17.2. The van der Waals surface area contributed by atoms with Crippen LogP contribution < -0.4 is 17.2 Å². The first-order chi connectivity index (χ1) is 8.90. The second kappa shape index (κ2) is 9.65. The minimum absolute atomic E-state index is 0. The summed E-state index contributed by atoms with van der Waals surface area (Å²) in [5.74, 6) is 0. The van der Waals surface area contributed by atoms with Gasteiger partial charge in [0.05, 0.1) is 40.8 Å². The maximum absolute atomic E-state index is 11.9. The molecule has 0 radical (unpaired) electrons. The van der Waals surface area contributed by atoms with Crippen LogP contribution in [0.15, 0.2) is 0 Å². The molecule has 7 nitrogen and oxygen atoms in total. The Kier molecular flexibility index (Phi) is 11.0. The van der Waals surface area contributed by atoms with Crippen LogP contribution in [-0.2, 0) is 14.1 Å². The lowest BCUT2D eigenvalue weighted by Gasteiger charge is -2.28. The Morgan fingerprint density at radius 3 is 2.33 bits per heavy atom. The Labute approximate surface area is 139 Å². The third kappa shape index (κ3) is 11.8. The van der Waals surface area contributed by atoms with Gasteiger partial charge in [-0.2, -0.15) is 0 Å². The summed E-state index contributed by atoms with van der Waals surface area (Å²) in [5.41, 5.74) is -0.333. The van der Waals surface area contributed by atoms with E-state index in [1.54, 1.807) is 0 Å². The van der Waals surface area contributed by atoms with Crippen molar-refractivity contribution in [2.75, 3.05) is 47.9 Å². The lowest BCUT2D eigenvalue weighted by Crippen LogP contribution is -3.00. The molecule has 0 aromatic rings. The zero-order valence-corrected chi connectivity index (χ0v) is 16.0. The monoisotopic (exact) mass is 367 g/mol. The number of rotatable bonds is 10. The Balaban J connectivity index is 0. The van der Waals surface area contributed by atoms with E-state index in [0.29, 0.717) is 24.0 Å². The SMILES string of the molecule is CN(CC[N+](C)(C)C)P(=O)(O)OOCCC(C)(C)NCl.[Cl-]. The van der Waals surface area contributed by atoms with Gasteiger partial charge < -0.3 is 21.8 Å². The van der Waals surface area contributed by atoms with Gasteiger partial charge in [-0.05, 0) is 39.1 Å². The zero-order valence-electron chi connectivity index (χ0n) is 13.6. The maximum Gasteiger partial charge on any atom is 0.432 e. The van der Waals surface area contributed by atoms with E-state index in [-0.39, 0.29) is 24.6 Å².